The maximum absolute atomic E-state index is 12.4. The van der Waals surface area contributed by atoms with Crippen molar-refractivity contribution in [2.45, 2.75) is 32.2 Å². The van der Waals surface area contributed by atoms with Crippen LogP contribution in [0.2, 0.25) is 0 Å². The molecular formula is C21H21N5OS. The first-order valence-corrected chi connectivity index (χ1v) is 10.2. The largest absolute Gasteiger partial charge is 0.325 e. The fraction of sp³-hybridized carbons (Fsp3) is 0.238. The van der Waals surface area contributed by atoms with Gasteiger partial charge in [0.1, 0.15) is 10.9 Å². The fourth-order valence-electron chi connectivity index (χ4n) is 3.09. The van der Waals surface area contributed by atoms with Gasteiger partial charge in [0.15, 0.2) is 5.65 Å². The highest BCUT2D eigenvalue weighted by Crippen LogP contribution is 2.26. The van der Waals surface area contributed by atoms with Gasteiger partial charge in [0, 0.05) is 12.1 Å². The number of hydrogen-bond donors (Lipinski definition) is 1. The van der Waals surface area contributed by atoms with Crippen LogP contribution < -0.4 is 5.32 Å². The number of benzene rings is 2. The van der Waals surface area contributed by atoms with Crippen LogP contribution in [0.1, 0.15) is 23.9 Å². The van der Waals surface area contributed by atoms with E-state index in [-0.39, 0.29) is 11.7 Å². The van der Waals surface area contributed by atoms with E-state index >= 15 is 0 Å². The topological polar surface area (TPSA) is 72.2 Å². The molecule has 0 radical (unpaired) electrons. The quantitative estimate of drug-likeness (QED) is 0.517. The fourth-order valence-corrected chi connectivity index (χ4v) is 3.86. The van der Waals surface area contributed by atoms with Crippen LogP contribution >= 0.6 is 11.8 Å². The van der Waals surface area contributed by atoms with Crippen molar-refractivity contribution in [2.24, 2.45) is 0 Å². The minimum atomic E-state index is -0.0726. The Morgan fingerprint density at radius 1 is 1.11 bits per heavy atom. The minimum absolute atomic E-state index is 0.0726. The number of rotatable bonds is 5. The zero-order chi connectivity index (χ0) is 19.7. The van der Waals surface area contributed by atoms with E-state index in [2.05, 4.69) is 29.4 Å². The molecular weight excluding hydrogens is 370 g/mol. The first kappa shape index (κ1) is 18.4. The standard InChI is InChI=1S/C21H21N5OS/c1-4-18-24-25-20-21(23-16-7-5-6-8-17(16)26(18)20)28-12-19(27)22-15-10-9-13(2)14(3)11-15/h5-11H,4,12H2,1-3H3,(H,22,27). The second-order valence-corrected chi connectivity index (χ2v) is 7.63. The Morgan fingerprint density at radius 2 is 1.93 bits per heavy atom. The van der Waals surface area contributed by atoms with Gasteiger partial charge in [0.2, 0.25) is 5.91 Å². The summed E-state index contributed by atoms with van der Waals surface area (Å²) in [5, 5.41) is 12.3. The lowest BCUT2D eigenvalue weighted by atomic mass is 10.1. The summed E-state index contributed by atoms with van der Waals surface area (Å²) in [5.41, 5.74) is 5.69. The normalized spacial score (nSPS) is 11.2. The highest BCUT2D eigenvalue weighted by molar-refractivity contribution is 8.00. The van der Waals surface area contributed by atoms with Crippen molar-refractivity contribution in [3.05, 3.63) is 59.4 Å². The maximum Gasteiger partial charge on any atom is 0.234 e. The summed E-state index contributed by atoms with van der Waals surface area (Å²) < 4.78 is 2.03. The van der Waals surface area contributed by atoms with Crippen molar-refractivity contribution >= 4 is 40.0 Å². The third-order valence-corrected chi connectivity index (χ3v) is 5.67. The van der Waals surface area contributed by atoms with Crippen molar-refractivity contribution in [3.8, 4) is 0 Å². The molecule has 2 heterocycles. The van der Waals surface area contributed by atoms with Gasteiger partial charge < -0.3 is 5.32 Å². The Hall–Kier alpha value is -2.93. The molecule has 6 nitrogen and oxygen atoms in total. The van der Waals surface area contributed by atoms with Crippen LogP contribution in [0.4, 0.5) is 5.69 Å². The van der Waals surface area contributed by atoms with Crippen LogP contribution in [-0.2, 0) is 11.2 Å². The van der Waals surface area contributed by atoms with Crippen molar-refractivity contribution < 1.29 is 4.79 Å². The van der Waals surface area contributed by atoms with Gasteiger partial charge in [-0.05, 0) is 49.2 Å². The number of para-hydroxylation sites is 2. The van der Waals surface area contributed by atoms with E-state index in [1.165, 1.54) is 17.3 Å². The lowest BCUT2D eigenvalue weighted by Crippen LogP contribution is -2.14. The summed E-state index contributed by atoms with van der Waals surface area (Å²) in [6.07, 6.45) is 0.770. The SMILES string of the molecule is CCc1nnc2c(SCC(=O)Nc3ccc(C)c(C)c3)nc3ccccc3n12. The molecule has 0 aliphatic heterocycles. The number of nitrogens with zero attached hydrogens (tertiary/aromatic N) is 4. The van der Waals surface area contributed by atoms with E-state index in [0.717, 1.165) is 34.5 Å². The Balaban J connectivity index is 1.59. The molecule has 0 saturated carbocycles. The summed E-state index contributed by atoms with van der Waals surface area (Å²) in [6, 6.07) is 13.8. The average molecular weight is 392 g/mol. The van der Waals surface area contributed by atoms with Gasteiger partial charge in [-0.1, -0.05) is 36.9 Å². The number of amides is 1. The van der Waals surface area contributed by atoms with Gasteiger partial charge in [0.25, 0.3) is 0 Å². The van der Waals surface area contributed by atoms with E-state index in [0.29, 0.717) is 10.7 Å². The number of carbonyl (C=O) groups excluding carboxylic acids is 1. The highest BCUT2D eigenvalue weighted by Gasteiger charge is 2.15. The van der Waals surface area contributed by atoms with Crippen molar-refractivity contribution in [2.75, 3.05) is 11.1 Å². The second-order valence-electron chi connectivity index (χ2n) is 6.67. The van der Waals surface area contributed by atoms with Gasteiger partial charge >= 0.3 is 0 Å². The summed E-state index contributed by atoms with van der Waals surface area (Å²) in [6.45, 7) is 6.14. The molecule has 0 saturated heterocycles. The van der Waals surface area contributed by atoms with Crippen LogP contribution in [0.25, 0.3) is 16.7 Å². The molecule has 2 aromatic carbocycles. The molecule has 1 N–H and O–H groups in total. The van der Waals surface area contributed by atoms with Crippen molar-refractivity contribution in [1.82, 2.24) is 19.6 Å². The van der Waals surface area contributed by atoms with E-state index in [1.807, 2.05) is 53.8 Å². The molecule has 0 spiro atoms. The predicted molar refractivity (Wildman–Crippen MR) is 113 cm³/mol. The molecule has 0 bridgehead atoms. The molecule has 4 aromatic rings. The highest BCUT2D eigenvalue weighted by atomic mass is 32.2. The smallest absolute Gasteiger partial charge is 0.234 e. The van der Waals surface area contributed by atoms with Crippen LogP contribution in [0, 0.1) is 13.8 Å². The molecule has 4 rings (SSSR count). The zero-order valence-electron chi connectivity index (χ0n) is 16.1. The number of nitrogens with one attached hydrogen (secondary N) is 1. The third-order valence-electron chi connectivity index (χ3n) is 4.71. The minimum Gasteiger partial charge on any atom is -0.325 e. The third kappa shape index (κ3) is 3.45. The molecule has 28 heavy (non-hydrogen) atoms. The first-order valence-electron chi connectivity index (χ1n) is 9.19. The first-order chi connectivity index (χ1) is 13.6. The lowest BCUT2D eigenvalue weighted by molar-refractivity contribution is -0.113. The van der Waals surface area contributed by atoms with Gasteiger partial charge in [-0.2, -0.15) is 0 Å². The molecule has 0 fully saturated rings. The average Bonchev–Trinajstić information content (AvgIpc) is 3.13. The second kappa shape index (κ2) is 7.59. The predicted octanol–water partition coefficient (Wildman–Crippen LogP) is 4.19. The molecule has 2 aromatic heterocycles. The van der Waals surface area contributed by atoms with E-state index in [4.69, 9.17) is 4.98 Å². The van der Waals surface area contributed by atoms with Crippen LogP contribution in [0.5, 0.6) is 0 Å². The Morgan fingerprint density at radius 3 is 2.71 bits per heavy atom. The molecule has 7 heteroatoms. The molecule has 0 atom stereocenters. The molecule has 0 unspecified atom stereocenters. The number of aryl methyl sites for hydroxylation is 3. The number of aromatic nitrogens is 4. The monoisotopic (exact) mass is 391 g/mol. The van der Waals surface area contributed by atoms with Gasteiger partial charge in [-0.25, -0.2) is 4.98 Å². The Bertz CT molecular complexity index is 1180. The Kier molecular flexibility index (Phi) is 5.00. The number of hydrogen-bond acceptors (Lipinski definition) is 5. The number of thioether (sulfide) groups is 1. The number of anilines is 1. The molecule has 142 valence electrons. The van der Waals surface area contributed by atoms with Crippen molar-refractivity contribution in [1.29, 1.82) is 0 Å². The van der Waals surface area contributed by atoms with Gasteiger partial charge in [-0.15, -0.1) is 10.2 Å². The van der Waals surface area contributed by atoms with Gasteiger partial charge in [-0.3, -0.25) is 9.20 Å². The summed E-state index contributed by atoms with van der Waals surface area (Å²) >= 11 is 1.38. The van der Waals surface area contributed by atoms with Gasteiger partial charge in [0.05, 0.1) is 16.8 Å². The molecule has 0 aliphatic rings. The van der Waals surface area contributed by atoms with Crippen LogP contribution in [0.15, 0.2) is 47.5 Å². The molecule has 0 aliphatic carbocycles. The van der Waals surface area contributed by atoms with E-state index in [1.54, 1.807) is 0 Å². The van der Waals surface area contributed by atoms with Crippen LogP contribution in [-0.4, -0.2) is 31.2 Å². The van der Waals surface area contributed by atoms with Crippen molar-refractivity contribution in [3.63, 3.8) is 0 Å². The molecule has 1 amide bonds. The summed E-state index contributed by atoms with van der Waals surface area (Å²) in [5.74, 6) is 1.06. The van der Waals surface area contributed by atoms with Crippen LogP contribution in [0.3, 0.4) is 0 Å². The summed E-state index contributed by atoms with van der Waals surface area (Å²) in [7, 11) is 0. The number of fused-ring (bicyclic) bond motifs is 3. The maximum atomic E-state index is 12.4. The van der Waals surface area contributed by atoms with E-state index < -0.39 is 0 Å². The zero-order valence-corrected chi connectivity index (χ0v) is 16.9. The Labute approximate surface area is 167 Å². The lowest BCUT2D eigenvalue weighted by Gasteiger charge is -2.09. The number of carbonyl (C=O) groups is 1. The summed E-state index contributed by atoms with van der Waals surface area (Å²) in [4.78, 5) is 17.2. The van der Waals surface area contributed by atoms with E-state index in [9.17, 15) is 4.79 Å².